The average Bonchev–Trinajstić information content (AvgIpc) is 2.66. The Balaban J connectivity index is 1.98. The fraction of sp³-hybridized carbons (Fsp3) is 0.412. The van der Waals surface area contributed by atoms with Gasteiger partial charge in [0.25, 0.3) is 0 Å². The Bertz CT molecular complexity index is 1020. The van der Waals surface area contributed by atoms with Crippen LogP contribution in [-0.2, 0) is 18.4 Å². The highest BCUT2D eigenvalue weighted by molar-refractivity contribution is 7.90. The van der Waals surface area contributed by atoms with Gasteiger partial charge in [-0.2, -0.15) is 9.97 Å². The molecule has 0 radical (unpaired) electrons. The standard InChI is InChI=1S/C17H18Cl3N5O3S/c1-29(27,28)12-4-2-11(3-5-12)14-22-15(17(18,19)20)24-16(23-14)25-8-6-10(7-9-25)13(21)26/h2-5,10H,6-9H2,1H3,(H2,21,26). The Morgan fingerprint density at radius 3 is 2.17 bits per heavy atom. The molecule has 3 rings (SSSR count). The Hall–Kier alpha value is -1.68. The van der Waals surface area contributed by atoms with Gasteiger partial charge in [0, 0.05) is 30.8 Å². The van der Waals surface area contributed by atoms with Crippen molar-refractivity contribution in [1.82, 2.24) is 15.0 Å². The van der Waals surface area contributed by atoms with Gasteiger partial charge < -0.3 is 10.6 Å². The first-order chi connectivity index (χ1) is 13.4. The molecule has 1 aliphatic rings. The summed E-state index contributed by atoms with van der Waals surface area (Å²) in [6, 6.07) is 6.08. The van der Waals surface area contributed by atoms with Gasteiger partial charge in [-0.3, -0.25) is 4.79 Å². The average molecular weight is 479 g/mol. The van der Waals surface area contributed by atoms with Crippen molar-refractivity contribution in [3.05, 3.63) is 30.1 Å². The van der Waals surface area contributed by atoms with E-state index in [0.29, 0.717) is 37.4 Å². The van der Waals surface area contributed by atoms with Gasteiger partial charge in [0.05, 0.1) is 4.90 Å². The second-order valence-corrected chi connectivity index (χ2v) is 11.0. The van der Waals surface area contributed by atoms with Gasteiger partial charge in [-0.05, 0) is 37.1 Å². The quantitative estimate of drug-likeness (QED) is 0.670. The molecule has 0 bridgehead atoms. The van der Waals surface area contributed by atoms with Crippen molar-refractivity contribution >= 4 is 56.5 Å². The SMILES string of the molecule is CS(=O)(=O)c1ccc(-c2nc(N3CCC(C(N)=O)CC3)nc(C(Cl)(Cl)Cl)n2)cc1. The number of alkyl halides is 3. The molecular weight excluding hydrogens is 461 g/mol. The highest BCUT2D eigenvalue weighted by Gasteiger charge is 2.31. The summed E-state index contributed by atoms with van der Waals surface area (Å²) in [5.74, 6) is -0.00998. The van der Waals surface area contributed by atoms with Gasteiger partial charge in [0.2, 0.25) is 15.6 Å². The number of primary amides is 1. The van der Waals surface area contributed by atoms with Crippen molar-refractivity contribution in [3.63, 3.8) is 0 Å². The number of sulfone groups is 1. The lowest BCUT2D eigenvalue weighted by atomic mass is 9.96. The summed E-state index contributed by atoms with van der Waals surface area (Å²) in [4.78, 5) is 26.4. The third-order valence-electron chi connectivity index (χ3n) is 4.60. The molecule has 1 saturated heterocycles. The molecule has 2 heterocycles. The summed E-state index contributed by atoms with van der Waals surface area (Å²) < 4.78 is 21.5. The second-order valence-electron chi connectivity index (χ2n) is 6.74. The zero-order valence-electron chi connectivity index (χ0n) is 15.3. The number of aromatic nitrogens is 3. The maximum absolute atomic E-state index is 11.7. The lowest BCUT2D eigenvalue weighted by Gasteiger charge is -2.31. The lowest BCUT2D eigenvalue weighted by molar-refractivity contribution is -0.122. The van der Waals surface area contributed by atoms with Crippen molar-refractivity contribution in [1.29, 1.82) is 0 Å². The van der Waals surface area contributed by atoms with E-state index in [-0.39, 0.29) is 28.4 Å². The van der Waals surface area contributed by atoms with Crippen LogP contribution in [0.3, 0.4) is 0 Å². The predicted molar refractivity (Wildman–Crippen MR) is 112 cm³/mol. The van der Waals surface area contributed by atoms with Crippen LogP contribution < -0.4 is 10.6 Å². The molecule has 29 heavy (non-hydrogen) atoms. The van der Waals surface area contributed by atoms with Crippen LogP contribution in [0.2, 0.25) is 0 Å². The molecule has 2 aromatic rings. The molecular formula is C17H18Cl3N5O3S. The van der Waals surface area contributed by atoms with E-state index in [1.54, 1.807) is 12.1 Å². The van der Waals surface area contributed by atoms with Crippen LogP contribution in [0.1, 0.15) is 18.7 Å². The van der Waals surface area contributed by atoms with Crippen LogP contribution in [0.25, 0.3) is 11.4 Å². The van der Waals surface area contributed by atoms with Crippen molar-refractivity contribution < 1.29 is 13.2 Å². The summed E-state index contributed by atoms with van der Waals surface area (Å²) in [5, 5.41) is 0. The molecule has 0 saturated carbocycles. The van der Waals surface area contributed by atoms with Crippen LogP contribution in [0.15, 0.2) is 29.2 Å². The minimum Gasteiger partial charge on any atom is -0.369 e. The van der Waals surface area contributed by atoms with Gasteiger partial charge >= 0.3 is 0 Å². The number of piperidine rings is 1. The smallest absolute Gasteiger partial charge is 0.250 e. The van der Waals surface area contributed by atoms with Crippen LogP contribution in [0.4, 0.5) is 5.95 Å². The van der Waals surface area contributed by atoms with Gasteiger partial charge in [-0.1, -0.05) is 34.8 Å². The van der Waals surface area contributed by atoms with E-state index < -0.39 is 13.6 Å². The molecule has 0 aliphatic carbocycles. The van der Waals surface area contributed by atoms with E-state index in [2.05, 4.69) is 15.0 Å². The first-order valence-corrected chi connectivity index (χ1v) is 11.7. The number of amides is 1. The fourth-order valence-corrected chi connectivity index (χ4v) is 3.86. The summed E-state index contributed by atoms with van der Waals surface area (Å²) in [5.41, 5.74) is 5.93. The van der Waals surface area contributed by atoms with Crippen LogP contribution >= 0.6 is 34.8 Å². The molecule has 0 spiro atoms. The number of carbonyl (C=O) groups excluding carboxylic acids is 1. The first-order valence-electron chi connectivity index (χ1n) is 8.63. The molecule has 1 aromatic carbocycles. The largest absolute Gasteiger partial charge is 0.369 e. The Labute approximate surface area is 183 Å². The van der Waals surface area contributed by atoms with Crippen molar-refractivity contribution in [2.75, 3.05) is 24.2 Å². The number of halogens is 3. The Morgan fingerprint density at radius 2 is 1.69 bits per heavy atom. The number of benzene rings is 1. The van der Waals surface area contributed by atoms with E-state index in [4.69, 9.17) is 40.5 Å². The summed E-state index contributed by atoms with van der Waals surface area (Å²) in [7, 11) is -3.33. The van der Waals surface area contributed by atoms with E-state index in [0.717, 1.165) is 6.26 Å². The zero-order chi connectivity index (χ0) is 21.4. The van der Waals surface area contributed by atoms with Gasteiger partial charge in [0.15, 0.2) is 21.5 Å². The molecule has 12 heteroatoms. The third-order valence-corrected chi connectivity index (χ3v) is 6.23. The van der Waals surface area contributed by atoms with E-state index in [1.165, 1.54) is 12.1 Å². The van der Waals surface area contributed by atoms with Crippen molar-refractivity contribution in [2.24, 2.45) is 11.7 Å². The van der Waals surface area contributed by atoms with Crippen LogP contribution in [0.5, 0.6) is 0 Å². The minimum atomic E-state index is -3.33. The van der Waals surface area contributed by atoms with Crippen LogP contribution in [-0.4, -0.2) is 48.6 Å². The van der Waals surface area contributed by atoms with E-state index in [9.17, 15) is 13.2 Å². The molecule has 156 valence electrons. The highest BCUT2D eigenvalue weighted by atomic mass is 35.6. The number of hydrogen-bond donors (Lipinski definition) is 1. The molecule has 0 atom stereocenters. The van der Waals surface area contributed by atoms with Crippen molar-refractivity contribution in [3.8, 4) is 11.4 Å². The highest BCUT2D eigenvalue weighted by Crippen LogP contribution is 2.37. The topological polar surface area (TPSA) is 119 Å². The number of anilines is 1. The number of nitrogens with two attached hydrogens (primary N) is 1. The van der Waals surface area contributed by atoms with Gasteiger partial charge in [0.1, 0.15) is 0 Å². The predicted octanol–water partition coefficient (Wildman–Crippen LogP) is 2.47. The van der Waals surface area contributed by atoms with Gasteiger partial charge in [-0.25, -0.2) is 13.4 Å². The Morgan fingerprint density at radius 1 is 1.10 bits per heavy atom. The normalized spacial score (nSPS) is 16.1. The number of rotatable bonds is 4. The monoisotopic (exact) mass is 477 g/mol. The second kappa shape index (κ2) is 8.22. The van der Waals surface area contributed by atoms with Crippen molar-refractivity contribution in [2.45, 2.75) is 21.5 Å². The molecule has 2 N–H and O–H groups in total. The Kier molecular flexibility index (Phi) is 6.24. The molecule has 1 fully saturated rings. The van der Waals surface area contributed by atoms with Crippen LogP contribution in [0, 0.1) is 5.92 Å². The summed E-state index contributed by atoms with van der Waals surface area (Å²) in [6.45, 7) is 1.03. The zero-order valence-corrected chi connectivity index (χ0v) is 18.4. The van der Waals surface area contributed by atoms with Gasteiger partial charge in [-0.15, -0.1) is 0 Å². The number of nitrogens with zero attached hydrogens (tertiary/aromatic N) is 4. The summed E-state index contributed by atoms with van der Waals surface area (Å²) in [6.07, 6.45) is 2.27. The summed E-state index contributed by atoms with van der Waals surface area (Å²) >= 11 is 18.0. The lowest BCUT2D eigenvalue weighted by Crippen LogP contribution is -2.39. The minimum absolute atomic E-state index is 0.0493. The molecule has 1 aliphatic heterocycles. The first kappa shape index (κ1) is 22.0. The molecule has 1 amide bonds. The number of carbonyl (C=O) groups is 1. The maximum atomic E-state index is 11.7. The number of hydrogen-bond acceptors (Lipinski definition) is 7. The van der Waals surface area contributed by atoms with E-state index >= 15 is 0 Å². The molecule has 0 unspecified atom stereocenters. The maximum Gasteiger partial charge on any atom is 0.250 e. The molecule has 1 aromatic heterocycles. The molecule has 8 nitrogen and oxygen atoms in total. The fourth-order valence-electron chi connectivity index (χ4n) is 2.98. The third kappa shape index (κ3) is 5.28. The van der Waals surface area contributed by atoms with E-state index in [1.807, 2.05) is 4.90 Å².